The Hall–Kier alpha value is -1.48. The van der Waals surface area contributed by atoms with Crippen LogP contribution in [-0.2, 0) is 14.8 Å². The second-order valence-corrected chi connectivity index (χ2v) is 8.46. The van der Waals surface area contributed by atoms with Gasteiger partial charge in [-0.05, 0) is 26.0 Å². The van der Waals surface area contributed by atoms with Gasteiger partial charge >= 0.3 is 0 Å². The highest BCUT2D eigenvalue weighted by atomic mass is 32.2. The van der Waals surface area contributed by atoms with Gasteiger partial charge in [-0.25, -0.2) is 13.1 Å². The van der Waals surface area contributed by atoms with E-state index in [-0.39, 0.29) is 31.5 Å². The van der Waals surface area contributed by atoms with Gasteiger partial charge in [-0.2, -0.15) is 0 Å². The van der Waals surface area contributed by atoms with Crippen LogP contribution in [0.15, 0.2) is 30.3 Å². The lowest BCUT2D eigenvalue weighted by atomic mass is 10.0. The number of nitrogens with one attached hydrogen (secondary N) is 2. The van der Waals surface area contributed by atoms with Crippen LogP contribution in [0.1, 0.15) is 24.2 Å². The molecule has 0 unspecified atom stereocenters. The summed E-state index contributed by atoms with van der Waals surface area (Å²) in [6.45, 7) is 3.71. The smallest absolute Gasteiger partial charge is 0.251 e. The maximum absolute atomic E-state index is 12.0. The number of aliphatic hydroxyl groups excluding tert-OH is 1. The van der Waals surface area contributed by atoms with Crippen LogP contribution < -0.4 is 10.0 Å². The minimum absolute atomic E-state index is 0.0187. The summed E-state index contributed by atoms with van der Waals surface area (Å²) in [6.07, 6.45) is -1.45. The standard InChI is InChI=1S/C16H24N2O5S/c1-11(2)24(21,22)18-9-14-15(19)13(10-23-14)8-17-16(20)12-6-4-3-5-7-12/h3-7,11,13-15,18-19H,8-10H2,1-2H3,(H,17,20)/t13-,14-,15+/m1/s1. The van der Waals surface area contributed by atoms with Crippen LogP contribution in [0, 0.1) is 5.92 Å². The number of carbonyl (C=O) groups is 1. The number of hydrogen-bond donors (Lipinski definition) is 3. The van der Waals surface area contributed by atoms with Crippen LogP contribution in [0.5, 0.6) is 0 Å². The summed E-state index contributed by atoms with van der Waals surface area (Å²) >= 11 is 0. The number of rotatable bonds is 7. The molecule has 1 heterocycles. The summed E-state index contributed by atoms with van der Waals surface area (Å²) in [4.78, 5) is 12.0. The number of carbonyl (C=O) groups excluding carboxylic acids is 1. The van der Waals surface area contributed by atoms with E-state index in [1.54, 1.807) is 38.1 Å². The Kier molecular flexibility index (Phi) is 6.34. The third-order valence-electron chi connectivity index (χ3n) is 4.06. The van der Waals surface area contributed by atoms with Crippen molar-refractivity contribution in [1.82, 2.24) is 10.0 Å². The fraction of sp³-hybridized carbons (Fsp3) is 0.562. The van der Waals surface area contributed by atoms with Gasteiger partial charge in [-0.15, -0.1) is 0 Å². The Morgan fingerprint density at radius 1 is 1.29 bits per heavy atom. The summed E-state index contributed by atoms with van der Waals surface area (Å²) in [6, 6.07) is 8.80. The SMILES string of the molecule is CC(C)S(=O)(=O)NC[C@H]1OC[C@@H](CNC(=O)c2ccccc2)[C@@H]1O. The lowest BCUT2D eigenvalue weighted by Crippen LogP contribution is -2.42. The predicted molar refractivity (Wildman–Crippen MR) is 90.1 cm³/mol. The van der Waals surface area contributed by atoms with Crippen molar-refractivity contribution >= 4 is 15.9 Å². The van der Waals surface area contributed by atoms with E-state index in [1.165, 1.54) is 0 Å². The molecule has 3 atom stereocenters. The van der Waals surface area contributed by atoms with Crippen molar-refractivity contribution in [3.05, 3.63) is 35.9 Å². The van der Waals surface area contributed by atoms with Gasteiger partial charge in [0.2, 0.25) is 10.0 Å². The average molecular weight is 356 g/mol. The molecular weight excluding hydrogens is 332 g/mol. The van der Waals surface area contributed by atoms with Gasteiger partial charge in [-0.3, -0.25) is 4.79 Å². The summed E-state index contributed by atoms with van der Waals surface area (Å²) in [5, 5.41) is 12.5. The number of amides is 1. The van der Waals surface area contributed by atoms with E-state index in [4.69, 9.17) is 4.74 Å². The Bertz CT molecular complexity index is 648. The lowest BCUT2D eigenvalue weighted by Gasteiger charge is -2.19. The second-order valence-electron chi connectivity index (χ2n) is 6.14. The summed E-state index contributed by atoms with van der Waals surface area (Å²) in [5.41, 5.74) is 0.548. The summed E-state index contributed by atoms with van der Waals surface area (Å²) in [7, 11) is -3.40. The molecule has 1 aromatic rings. The van der Waals surface area contributed by atoms with Gasteiger partial charge in [0.15, 0.2) is 0 Å². The maximum atomic E-state index is 12.0. The largest absolute Gasteiger partial charge is 0.390 e. The highest BCUT2D eigenvalue weighted by Crippen LogP contribution is 2.20. The molecule has 0 saturated carbocycles. The highest BCUT2D eigenvalue weighted by molar-refractivity contribution is 7.90. The second kappa shape index (κ2) is 8.06. The topological polar surface area (TPSA) is 105 Å². The molecule has 0 spiro atoms. The van der Waals surface area contributed by atoms with Crippen molar-refractivity contribution in [3.8, 4) is 0 Å². The summed E-state index contributed by atoms with van der Waals surface area (Å²) < 4.78 is 31.4. The first kappa shape index (κ1) is 18.9. The molecule has 7 nitrogen and oxygen atoms in total. The van der Waals surface area contributed by atoms with E-state index >= 15 is 0 Å². The molecule has 0 aliphatic carbocycles. The first-order chi connectivity index (χ1) is 11.3. The molecule has 8 heteroatoms. The predicted octanol–water partition coefficient (Wildman–Crippen LogP) is 0.120. The third-order valence-corrected chi connectivity index (χ3v) is 5.87. The number of aliphatic hydroxyl groups is 1. The molecule has 24 heavy (non-hydrogen) atoms. The fourth-order valence-corrected chi connectivity index (χ4v) is 3.12. The Balaban J connectivity index is 1.81. The van der Waals surface area contributed by atoms with Crippen LogP contribution in [0.25, 0.3) is 0 Å². The quantitative estimate of drug-likeness (QED) is 0.644. The monoisotopic (exact) mass is 356 g/mol. The van der Waals surface area contributed by atoms with Gasteiger partial charge in [0.1, 0.15) is 0 Å². The van der Waals surface area contributed by atoms with Crippen LogP contribution in [0.2, 0.25) is 0 Å². The molecule has 3 N–H and O–H groups in total. The lowest BCUT2D eigenvalue weighted by molar-refractivity contribution is 0.0426. The van der Waals surface area contributed by atoms with E-state index in [0.717, 1.165) is 0 Å². The van der Waals surface area contributed by atoms with Crippen molar-refractivity contribution < 1.29 is 23.1 Å². The van der Waals surface area contributed by atoms with Crippen LogP contribution in [0.3, 0.4) is 0 Å². The Labute approximate surface area is 142 Å². The minimum atomic E-state index is -3.40. The molecule has 1 aromatic carbocycles. The summed E-state index contributed by atoms with van der Waals surface area (Å²) in [5.74, 6) is -0.488. The first-order valence-corrected chi connectivity index (χ1v) is 9.47. The van der Waals surface area contributed by atoms with Gasteiger partial charge in [0.25, 0.3) is 5.91 Å². The van der Waals surface area contributed by atoms with Crippen molar-refractivity contribution in [2.24, 2.45) is 5.92 Å². The van der Waals surface area contributed by atoms with Gasteiger partial charge in [0, 0.05) is 24.6 Å². The van der Waals surface area contributed by atoms with E-state index in [9.17, 15) is 18.3 Å². The molecule has 1 aliphatic heterocycles. The van der Waals surface area contributed by atoms with E-state index in [2.05, 4.69) is 10.0 Å². The molecule has 1 aliphatic rings. The zero-order valence-corrected chi connectivity index (χ0v) is 14.6. The van der Waals surface area contributed by atoms with Crippen LogP contribution in [0.4, 0.5) is 0 Å². The number of ether oxygens (including phenoxy) is 1. The highest BCUT2D eigenvalue weighted by Gasteiger charge is 2.36. The van der Waals surface area contributed by atoms with Gasteiger partial charge in [-0.1, -0.05) is 18.2 Å². The minimum Gasteiger partial charge on any atom is -0.390 e. The van der Waals surface area contributed by atoms with Crippen LogP contribution >= 0.6 is 0 Å². The number of benzene rings is 1. The number of hydrogen-bond acceptors (Lipinski definition) is 5. The zero-order valence-electron chi connectivity index (χ0n) is 13.8. The molecule has 1 saturated heterocycles. The van der Waals surface area contributed by atoms with Crippen molar-refractivity contribution in [1.29, 1.82) is 0 Å². The molecule has 2 rings (SSSR count). The van der Waals surface area contributed by atoms with Crippen LogP contribution in [-0.4, -0.2) is 56.6 Å². The van der Waals surface area contributed by atoms with Crippen molar-refractivity contribution in [3.63, 3.8) is 0 Å². The number of sulfonamides is 1. The molecule has 0 aromatic heterocycles. The Morgan fingerprint density at radius 3 is 2.58 bits per heavy atom. The molecule has 1 fully saturated rings. The molecule has 0 radical (unpaired) electrons. The average Bonchev–Trinajstić information content (AvgIpc) is 2.91. The third kappa shape index (κ3) is 4.76. The maximum Gasteiger partial charge on any atom is 0.251 e. The van der Waals surface area contributed by atoms with E-state index in [0.29, 0.717) is 5.56 Å². The molecule has 0 bridgehead atoms. The molecule has 1 amide bonds. The fourth-order valence-electron chi connectivity index (χ4n) is 2.39. The zero-order chi connectivity index (χ0) is 17.7. The van der Waals surface area contributed by atoms with Gasteiger partial charge in [0.05, 0.1) is 24.1 Å². The normalized spacial score (nSPS) is 24.2. The van der Waals surface area contributed by atoms with E-state index < -0.39 is 27.5 Å². The molecule has 134 valence electrons. The van der Waals surface area contributed by atoms with Gasteiger partial charge < -0.3 is 15.2 Å². The Morgan fingerprint density at radius 2 is 1.96 bits per heavy atom. The van der Waals surface area contributed by atoms with Crippen molar-refractivity contribution in [2.45, 2.75) is 31.3 Å². The van der Waals surface area contributed by atoms with Crippen molar-refractivity contribution in [2.75, 3.05) is 19.7 Å². The first-order valence-electron chi connectivity index (χ1n) is 7.92. The molecular formula is C16H24N2O5S. The van der Waals surface area contributed by atoms with E-state index in [1.807, 2.05) is 6.07 Å².